The van der Waals surface area contributed by atoms with Gasteiger partial charge in [0, 0.05) is 23.1 Å². The van der Waals surface area contributed by atoms with Crippen LogP contribution in [0, 0.1) is 0 Å². The Hall–Kier alpha value is -2.75. The first kappa shape index (κ1) is 13.0. The van der Waals surface area contributed by atoms with Gasteiger partial charge in [-0.2, -0.15) is 5.10 Å². The van der Waals surface area contributed by atoms with Crippen LogP contribution in [-0.4, -0.2) is 24.4 Å². The molecule has 4 heteroatoms. The number of hydrogen-bond acceptors (Lipinski definition) is 3. The van der Waals surface area contributed by atoms with Crippen LogP contribution in [0.5, 0.6) is 11.5 Å². The molecule has 0 radical (unpaired) electrons. The minimum Gasteiger partial charge on any atom is -0.493 e. The molecule has 0 aliphatic heterocycles. The summed E-state index contributed by atoms with van der Waals surface area (Å²) in [6, 6.07) is 14.3. The van der Waals surface area contributed by atoms with Gasteiger partial charge in [0.2, 0.25) is 0 Å². The molecule has 0 spiro atoms. The fraction of sp³-hybridized carbons (Fsp3) is 0.167. The van der Waals surface area contributed by atoms with Gasteiger partial charge in [0.05, 0.1) is 25.6 Å². The van der Waals surface area contributed by atoms with Crippen LogP contribution in [0.3, 0.4) is 0 Å². The first-order valence-electron chi connectivity index (χ1n) is 7.19. The maximum Gasteiger partial charge on any atom is 0.161 e. The molecular formula is C18H16N2O2. The molecule has 22 heavy (non-hydrogen) atoms. The lowest BCUT2D eigenvalue weighted by atomic mass is 10.0. The molecule has 4 nitrogen and oxygen atoms in total. The van der Waals surface area contributed by atoms with E-state index in [-0.39, 0.29) is 0 Å². The van der Waals surface area contributed by atoms with Crippen LogP contribution in [0.25, 0.3) is 22.5 Å². The summed E-state index contributed by atoms with van der Waals surface area (Å²) >= 11 is 0. The van der Waals surface area contributed by atoms with Crippen molar-refractivity contribution in [3.8, 4) is 34.0 Å². The molecule has 4 rings (SSSR count). The van der Waals surface area contributed by atoms with Crippen molar-refractivity contribution in [2.45, 2.75) is 6.42 Å². The van der Waals surface area contributed by atoms with E-state index in [0.717, 1.165) is 29.1 Å². The number of aromatic amines is 1. The van der Waals surface area contributed by atoms with E-state index in [1.807, 2.05) is 18.2 Å². The lowest BCUT2D eigenvalue weighted by molar-refractivity contribution is 0.355. The summed E-state index contributed by atoms with van der Waals surface area (Å²) in [5, 5.41) is 7.70. The Morgan fingerprint density at radius 1 is 1.00 bits per heavy atom. The van der Waals surface area contributed by atoms with Crippen molar-refractivity contribution in [3.05, 3.63) is 53.6 Å². The van der Waals surface area contributed by atoms with Gasteiger partial charge in [0.1, 0.15) is 0 Å². The molecular weight excluding hydrogens is 276 g/mol. The first-order valence-corrected chi connectivity index (χ1v) is 7.19. The van der Waals surface area contributed by atoms with Crippen molar-refractivity contribution in [2.75, 3.05) is 14.2 Å². The van der Waals surface area contributed by atoms with Gasteiger partial charge < -0.3 is 9.47 Å². The molecule has 1 N–H and O–H groups in total. The summed E-state index contributed by atoms with van der Waals surface area (Å²) in [6.07, 6.45) is 0.908. The first-order chi connectivity index (χ1) is 10.8. The second-order valence-corrected chi connectivity index (χ2v) is 5.33. The van der Waals surface area contributed by atoms with Gasteiger partial charge in [0.15, 0.2) is 11.5 Å². The van der Waals surface area contributed by atoms with Crippen molar-refractivity contribution in [1.29, 1.82) is 0 Å². The van der Waals surface area contributed by atoms with E-state index in [4.69, 9.17) is 9.47 Å². The van der Waals surface area contributed by atoms with E-state index in [1.54, 1.807) is 14.2 Å². The molecule has 0 saturated carbocycles. The zero-order valence-electron chi connectivity index (χ0n) is 12.5. The Bertz CT molecular complexity index is 852. The van der Waals surface area contributed by atoms with Gasteiger partial charge in [-0.15, -0.1) is 0 Å². The van der Waals surface area contributed by atoms with E-state index in [1.165, 1.54) is 16.7 Å². The van der Waals surface area contributed by atoms with Crippen LogP contribution in [0.2, 0.25) is 0 Å². The molecule has 110 valence electrons. The number of nitrogens with zero attached hydrogens (tertiary/aromatic N) is 1. The molecule has 0 fully saturated rings. The van der Waals surface area contributed by atoms with Gasteiger partial charge >= 0.3 is 0 Å². The predicted octanol–water partition coefficient (Wildman–Crippen LogP) is 3.67. The SMILES string of the molecule is COc1ccc(-c2n[nH]c3c2Cc2ccccc2-3)cc1OC. The number of fused-ring (bicyclic) bond motifs is 3. The second kappa shape index (κ2) is 4.91. The third-order valence-corrected chi connectivity index (χ3v) is 4.18. The number of aromatic nitrogens is 2. The topological polar surface area (TPSA) is 47.1 Å². The lowest BCUT2D eigenvalue weighted by Gasteiger charge is -2.09. The quantitative estimate of drug-likeness (QED) is 0.627. The number of methoxy groups -OCH3 is 2. The average Bonchev–Trinajstić information content (AvgIpc) is 3.13. The summed E-state index contributed by atoms with van der Waals surface area (Å²) in [5.74, 6) is 1.44. The van der Waals surface area contributed by atoms with Gasteiger partial charge in [-0.05, 0) is 23.8 Å². The summed E-state index contributed by atoms with van der Waals surface area (Å²) in [6.45, 7) is 0. The van der Waals surface area contributed by atoms with Crippen LogP contribution in [-0.2, 0) is 6.42 Å². The van der Waals surface area contributed by atoms with E-state index in [9.17, 15) is 0 Å². The number of nitrogens with one attached hydrogen (secondary N) is 1. The van der Waals surface area contributed by atoms with Crippen molar-refractivity contribution < 1.29 is 9.47 Å². The highest BCUT2D eigenvalue weighted by Gasteiger charge is 2.24. The van der Waals surface area contributed by atoms with Crippen LogP contribution in [0.4, 0.5) is 0 Å². The highest BCUT2D eigenvalue weighted by Crippen LogP contribution is 2.41. The number of benzene rings is 2. The maximum atomic E-state index is 5.39. The fourth-order valence-electron chi connectivity index (χ4n) is 3.09. The number of hydrogen-bond donors (Lipinski definition) is 1. The summed E-state index contributed by atoms with van der Waals surface area (Å²) < 4.78 is 10.7. The van der Waals surface area contributed by atoms with Gasteiger partial charge in [0.25, 0.3) is 0 Å². The molecule has 1 aliphatic rings. The van der Waals surface area contributed by atoms with E-state index in [0.29, 0.717) is 5.75 Å². The lowest BCUT2D eigenvalue weighted by Crippen LogP contribution is -1.92. The van der Waals surface area contributed by atoms with Crippen LogP contribution in [0.15, 0.2) is 42.5 Å². The van der Waals surface area contributed by atoms with Gasteiger partial charge in [-0.3, -0.25) is 5.10 Å². The van der Waals surface area contributed by atoms with E-state index >= 15 is 0 Å². The second-order valence-electron chi connectivity index (χ2n) is 5.33. The highest BCUT2D eigenvalue weighted by atomic mass is 16.5. The van der Waals surface area contributed by atoms with Crippen molar-refractivity contribution in [1.82, 2.24) is 10.2 Å². The Morgan fingerprint density at radius 2 is 1.82 bits per heavy atom. The number of rotatable bonds is 3. The largest absolute Gasteiger partial charge is 0.493 e. The van der Waals surface area contributed by atoms with Gasteiger partial charge in [-0.25, -0.2) is 0 Å². The molecule has 3 aromatic rings. The number of H-pyrrole nitrogens is 1. The van der Waals surface area contributed by atoms with Gasteiger partial charge in [-0.1, -0.05) is 24.3 Å². The number of ether oxygens (including phenoxy) is 2. The average molecular weight is 292 g/mol. The minimum atomic E-state index is 0.715. The fourth-order valence-corrected chi connectivity index (χ4v) is 3.09. The Labute approximate surface area is 128 Å². The Morgan fingerprint density at radius 3 is 2.64 bits per heavy atom. The van der Waals surface area contributed by atoms with Crippen molar-refractivity contribution in [2.24, 2.45) is 0 Å². The maximum absolute atomic E-state index is 5.39. The zero-order valence-corrected chi connectivity index (χ0v) is 12.5. The monoisotopic (exact) mass is 292 g/mol. The van der Waals surface area contributed by atoms with Crippen LogP contribution >= 0.6 is 0 Å². The molecule has 0 saturated heterocycles. The third-order valence-electron chi connectivity index (χ3n) is 4.18. The molecule has 2 aromatic carbocycles. The Balaban J connectivity index is 1.82. The summed E-state index contributed by atoms with van der Waals surface area (Å²) in [4.78, 5) is 0. The molecule has 0 amide bonds. The minimum absolute atomic E-state index is 0.715. The predicted molar refractivity (Wildman–Crippen MR) is 85.4 cm³/mol. The summed E-state index contributed by atoms with van der Waals surface area (Å²) in [7, 11) is 3.28. The highest BCUT2D eigenvalue weighted by molar-refractivity contribution is 5.81. The van der Waals surface area contributed by atoms with Crippen LogP contribution in [0.1, 0.15) is 11.1 Å². The standard InChI is InChI=1S/C18H16N2O2/c1-21-15-8-7-12(10-16(15)22-2)17-14-9-11-5-3-4-6-13(11)18(14)20-19-17/h3-8,10H,9H2,1-2H3,(H,19,20). The zero-order chi connectivity index (χ0) is 15.1. The normalized spacial score (nSPS) is 11.9. The molecule has 0 atom stereocenters. The smallest absolute Gasteiger partial charge is 0.161 e. The molecule has 1 heterocycles. The molecule has 1 aromatic heterocycles. The van der Waals surface area contributed by atoms with Crippen LogP contribution < -0.4 is 9.47 Å². The molecule has 1 aliphatic carbocycles. The molecule has 0 unspecified atom stereocenters. The summed E-state index contributed by atoms with van der Waals surface area (Å²) in [5.41, 5.74) is 6.97. The van der Waals surface area contributed by atoms with E-state index < -0.39 is 0 Å². The van der Waals surface area contributed by atoms with Crippen molar-refractivity contribution in [3.63, 3.8) is 0 Å². The van der Waals surface area contributed by atoms with E-state index in [2.05, 4.69) is 34.5 Å². The Kier molecular flexibility index (Phi) is 2.89. The third kappa shape index (κ3) is 1.80. The van der Waals surface area contributed by atoms with Crippen molar-refractivity contribution >= 4 is 0 Å². The molecule has 0 bridgehead atoms.